The van der Waals surface area contributed by atoms with E-state index in [1.54, 1.807) is 11.3 Å². The maximum absolute atomic E-state index is 4.51. The van der Waals surface area contributed by atoms with Crippen molar-refractivity contribution in [3.05, 3.63) is 45.9 Å². The maximum atomic E-state index is 4.51. The molecule has 1 aliphatic rings. The van der Waals surface area contributed by atoms with E-state index < -0.39 is 0 Å². The number of benzene rings is 1. The molecule has 0 radical (unpaired) electrons. The fraction of sp³-hybridized carbons (Fsp3) is 0.400. The third-order valence-corrected chi connectivity index (χ3v) is 5.34. The lowest BCUT2D eigenvalue weighted by molar-refractivity contribution is 0.512. The third-order valence-electron chi connectivity index (χ3n) is 3.40. The Morgan fingerprint density at radius 1 is 1.37 bits per heavy atom. The summed E-state index contributed by atoms with van der Waals surface area (Å²) in [6, 6.07) is 9.27. The molecule has 1 aromatic carbocycles. The second kappa shape index (κ2) is 6.07. The lowest BCUT2D eigenvalue weighted by atomic mass is 10.0. The van der Waals surface area contributed by atoms with Crippen molar-refractivity contribution in [1.82, 2.24) is 10.3 Å². The Kier molecular flexibility index (Phi) is 4.21. The molecule has 1 aromatic heterocycles. The van der Waals surface area contributed by atoms with Gasteiger partial charge in [-0.3, -0.25) is 0 Å². The van der Waals surface area contributed by atoms with Crippen molar-refractivity contribution in [3.8, 4) is 0 Å². The summed E-state index contributed by atoms with van der Waals surface area (Å²) >= 11 is 3.71. The second-order valence-electron chi connectivity index (χ2n) is 4.79. The number of hydrogen-bond acceptors (Lipinski definition) is 4. The van der Waals surface area contributed by atoms with E-state index in [4.69, 9.17) is 0 Å². The van der Waals surface area contributed by atoms with Gasteiger partial charge in [0.15, 0.2) is 0 Å². The molecule has 0 unspecified atom stereocenters. The number of nitrogens with one attached hydrogen (secondary N) is 1. The van der Waals surface area contributed by atoms with Gasteiger partial charge in [0.1, 0.15) is 0 Å². The van der Waals surface area contributed by atoms with Crippen LogP contribution in [-0.4, -0.2) is 17.3 Å². The van der Waals surface area contributed by atoms with Crippen molar-refractivity contribution in [2.24, 2.45) is 0 Å². The number of aromatic nitrogens is 1. The molecule has 19 heavy (non-hydrogen) atoms. The van der Waals surface area contributed by atoms with E-state index in [-0.39, 0.29) is 0 Å². The zero-order chi connectivity index (χ0) is 13.1. The summed E-state index contributed by atoms with van der Waals surface area (Å²) in [4.78, 5) is 5.95. The van der Waals surface area contributed by atoms with Crippen LogP contribution in [0, 0.1) is 6.92 Å². The van der Waals surface area contributed by atoms with E-state index in [0.717, 1.165) is 18.0 Å². The molecule has 1 aliphatic heterocycles. The average molecular weight is 290 g/mol. The number of rotatable bonds is 4. The van der Waals surface area contributed by atoms with Gasteiger partial charge in [0, 0.05) is 29.3 Å². The Balaban J connectivity index is 1.59. The Morgan fingerprint density at radius 3 is 3.11 bits per heavy atom. The first-order valence-corrected chi connectivity index (χ1v) is 8.55. The Labute approximate surface area is 122 Å². The number of thiazole rings is 1. The highest BCUT2D eigenvalue weighted by molar-refractivity contribution is 7.99. The van der Waals surface area contributed by atoms with Crippen LogP contribution in [0.15, 0.2) is 34.5 Å². The molecule has 4 heteroatoms. The van der Waals surface area contributed by atoms with Gasteiger partial charge in [0.05, 0.1) is 10.7 Å². The van der Waals surface area contributed by atoms with Gasteiger partial charge in [-0.15, -0.1) is 23.1 Å². The molecule has 0 fully saturated rings. The van der Waals surface area contributed by atoms with Crippen LogP contribution in [-0.2, 0) is 6.42 Å². The molecular formula is C15H18N2S2. The van der Waals surface area contributed by atoms with Crippen LogP contribution >= 0.6 is 23.1 Å². The van der Waals surface area contributed by atoms with Gasteiger partial charge in [-0.05, 0) is 30.7 Å². The zero-order valence-corrected chi connectivity index (χ0v) is 12.7. The summed E-state index contributed by atoms with van der Waals surface area (Å²) in [6.45, 7) is 3.07. The SMILES string of the molecule is Cc1nc(CCN[C@H]2CCSc3ccccc32)cs1. The highest BCUT2D eigenvalue weighted by Crippen LogP contribution is 2.35. The van der Waals surface area contributed by atoms with E-state index in [9.17, 15) is 0 Å². The Morgan fingerprint density at radius 2 is 2.26 bits per heavy atom. The molecule has 2 aromatic rings. The maximum Gasteiger partial charge on any atom is 0.0897 e. The zero-order valence-electron chi connectivity index (χ0n) is 11.1. The van der Waals surface area contributed by atoms with Crippen LogP contribution in [0.1, 0.15) is 28.7 Å². The van der Waals surface area contributed by atoms with Crippen molar-refractivity contribution in [2.75, 3.05) is 12.3 Å². The van der Waals surface area contributed by atoms with E-state index >= 15 is 0 Å². The molecular weight excluding hydrogens is 272 g/mol. The fourth-order valence-corrected chi connectivity index (χ4v) is 4.22. The molecule has 2 heterocycles. The lowest BCUT2D eigenvalue weighted by Crippen LogP contribution is -2.26. The van der Waals surface area contributed by atoms with Crippen LogP contribution < -0.4 is 5.32 Å². The van der Waals surface area contributed by atoms with Crippen LogP contribution in [0.25, 0.3) is 0 Å². The Hall–Kier alpha value is -0.840. The predicted octanol–water partition coefficient (Wildman–Crippen LogP) is 3.82. The molecule has 3 rings (SSSR count). The highest BCUT2D eigenvalue weighted by Gasteiger charge is 2.19. The molecule has 0 bridgehead atoms. The van der Waals surface area contributed by atoms with Gasteiger partial charge < -0.3 is 5.32 Å². The van der Waals surface area contributed by atoms with Crippen molar-refractivity contribution in [1.29, 1.82) is 0 Å². The van der Waals surface area contributed by atoms with E-state index in [1.807, 2.05) is 11.8 Å². The van der Waals surface area contributed by atoms with Gasteiger partial charge in [-0.1, -0.05) is 18.2 Å². The first-order chi connectivity index (χ1) is 9.33. The fourth-order valence-electron chi connectivity index (χ4n) is 2.45. The number of hydrogen-bond donors (Lipinski definition) is 1. The van der Waals surface area contributed by atoms with Crippen molar-refractivity contribution >= 4 is 23.1 Å². The second-order valence-corrected chi connectivity index (χ2v) is 6.99. The van der Waals surface area contributed by atoms with Crippen molar-refractivity contribution in [3.63, 3.8) is 0 Å². The van der Waals surface area contributed by atoms with Gasteiger partial charge >= 0.3 is 0 Å². The summed E-state index contributed by atoms with van der Waals surface area (Å²) in [5, 5.41) is 7.02. The molecule has 0 amide bonds. The van der Waals surface area contributed by atoms with Gasteiger partial charge in [0.2, 0.25) is 0 Å². The third kappa shape index (κ3) is 3.19. The molecule has 1 N–H and O–H groups in total. The van der Waals surface area contributed by atoms with Gasteiger partial charge in [-0.2, -0.15) is 0 Å². The smallest absolute Gasteiger partial charge is 0.0897 e. The minimum atomic E-state index is 0.511. The minimum Gasteiger partial charge on any atom is -0.309 e. The van der Waals surface area contributed by atoms with Crippen molar-refractivity contribution in [2.45, 2.75) is 30.7 Å². The van der Waals surface area contributed by atoms with Crippen LogP contribution in [0.2, 0.25) is 0 Å². The first-order valence-electron chi connectivity index (χ1n) is 6.69. The molecule has 1 atom stereocenters. The molecule has 0 aliphatic carbocycles. The average Bonchev–Trinajstić information content (AvgIpc) is 2.85. The van der Waals surface area contributed by atoms with Crippen LogP contribution in [0.5, 0.6) is 0 Å². The van der Waals surface area contributed by atoms with E-state index in [2.05, 4.69) is 46.9 Å². The molecule has 0 saturated carbocycles. The normalized spacial score (nSPS) is 18.3. The molecule has 2 nitrogen and oxygen atoms in total. The highest BCUT2D eigenvalue weighted by atomic mass is 32.2. The molecule has 0 spiro atoms. The summed E-state index contributed by atoms with van der Waals surface area (Å²) in [5.41, 5.74) is 2.68. The topological polar surface area (TPSA) is 24.9 Å². The minimum absolute atomic E-state index is 0.511. The van der Waals surface area contributed by atoms with Gasteiger partial charge in [0.25, 0.3) is 0 Å². The summed E-state index contributed by atoms with van der Waals surface area (Å²) in [7, 11) is 0. The van der Waals surface area contributed by atoms with Crippen LogP contribution in [0.4, 0.5) is 0 Å². The standard InChI is InChI=1S/C15H18N2S2/c1-11-17-12(10-19-11)6-8-16-14-7-9-18-15-5-3-2-4-13(14)15/h2-5,10,14,16H,6-9H2,1H3/t14-/m0/s1. The predicted molar refractivity (Wildman–Crippen MR) is 83.1 cm³/mol. The lowest BCUT2D eigenvalue weighted by Gasteiger charge is -2.25. The van der Waals surface area contributed by atoms with E-state index in [1.165, 1.54) is 28.3 Å². The Bertz CT molecular complexity index is 551. The van der Waals surface area contributed by atoms with E-state index in [0.29, 0.717) is 6.04 Å². The quantitative estimate of drug-likeness (QED) is 0.926. The largest absolute Gasteiger partial charge is 0.309 e. The van der Waals surface area contributed by atoms with Crippen LogP contribution in [0.3, 0.4) is 0 Å². The molecule has 0 saturated heterocycles. The summed E-state index contributed by atoms with van der Waals surface area (Å²) < 4.78 is 0. The summed E-state index contributed by atoms with van der Waals surface area (Å²) in [6.07, 6.45) is 2.24. The van der Waals surface area contributed by atoms with Crippen molar-refractivity contribution < 1.29 is 0 Å². The summed E-state index contributed by atoms with van der Waals surface area (Å²) in [5.74, 6) is 1.21. The number of thioether (sulfide) groups is 1. The van der Waals surface area contributed by atoms with Gasteiger partial charge in [-0.25, -0.2) is 4.98 Å². The first kappa shape index (κ1) is 13.2. The molecule has 100 valence electrons. The number of aryl methyl sites for hydroxylation is 1. The number of fused-ring (bicyclic) bond motifs is 1. The number of nitrogens with zero attached hydrogens (tertiary/aromatic N) is 1. The monoisotopic (exact) mass is 290 g/mol.